The van der Waals surface area contributed by atoms with Crippen LogP contribution in [0.4, 0.5) is 11.8 Å². The van der Waals surface area contributed by atoms with E-state index in [1.54, 1.807) is 18.5 Å². The Morgan fingerprint density at radius 1 is 1.09 bits per heavy atom. The Balaban J connectivity index is 1.37. The highest BCUT2D eigenvalue weighted by Crippen LogP contribution is 2.29. The van der Waals surface area contributed by atoms with Crippen LogP contribution in [-0.2, 0) is 6.54 Å². The topological polar surface area (TPSA) is 57.2 Å². The van der Waals surface area contributed by atoms with Gasteiger partial charge in [0, 0.05) is 50.3 Å². The van der Waals surface area contributed by atoms with Gasteiger partial charge in [-0.3, -0.25) is 9.80 Å². The Morgan fingerprint density at radius 2 is 1.83 bits per heavy atom. The van der Waals surface area contributed by atoms with Crippen molar-refractivity contribution in [3.8, 4) is 0 Å². The van der Waals surface area contributed by atoms with Crippen molar-refractivity contribution in [2.45, 2.75) is 31.5 Å². The van der Waals surface area contributed by atoms with E-state index < -0.39 is 0 Å². The first kappa shape index (κ1) is 14.5. The number of piperazine rings is 1. The highest BCUT2D eigenvalue weighted by molar-refractivity contribution is 5.47. The van der Waals surface area contributed by atoms with E-state index in [4.69, 9.17) is 0 Å². The van der Waals surface area contributed by atoms with Crippen LogP contribution in [0, 0.1) is 0 Å². The molecule has 1 N–H and O–H groups in total. The van der Waals surface area contributed by atoms with Gasteiger partial charge < -0.3 is 5.32 Å². The van der Waals surface area contributed by atoms with Crippen LogP contribution in [0.3, 0.4) is 0 Å². The van der Waals surface area contributed by atoms with Gasteiger partial charge in [0.25, 0.3) is 0 Å². The molecule has 120 valence electrons. The zero-order valence-corrected chi connectivity index (χ0v) is 13.4. The normalized spacial score (nSPS) is 24.7. The number of likely N-dealkylation sites (N-methyl/N-ethyl adjacent to an activating group) is 1. The number of nitrogens with one attached hydrogen (secondary N) is 1. The third kappa shape index (κ3) is 3.18. The van der Waals surface area contributed by atoms with Crippen LogP contribution in [0.5, 0.6) is 0 Å². The van der Waals surface area contributed by atoms with Crippen LogP contribution < -0.4 is 5.32 Å². The van der Waals surface area contributed by atoms with Crippen molar-refractivity contribution in [1.29, 1.82) is 0 Å². The van der Waals surface area contributed by atoms with E-state index in [1.807, 2.05) is 12.3 Å². The molecule has 2 aromatic heterocycles. The number of hydrogen-bond donors (Lipinski definition) is 1. The van der Waals surface area contributed by atoms with Crippen LogP contribution in [0.25, 0.3) is 0 Å². The quantitative estimate of drug-likeness (QED) is 0.931. The molecule has 2 aliphatic heterocycles. The van der Waals surface area contributed by atoms with Gasteiger partial charge in [0.05, 0.1) is 0 Å². The number of fused-ring (bicyclic) bond motifs is 2. The minimum Gasteiger partial charge on any atom is -0.309 e. The Hall–Kier alpha value is -2.05. The summed E-state index contributed by atoms with van der Waals surface area (Å²) in [6, 6.07) is 7.40. The monoisotopic (exact) mass is 310 g/mol. The lowest BCUT2D eigenvalue weighted by Crippen LogP contribution is -2.51. The minimum absolute atomic E-state index is 0.573. The number of aromatic nitrogens is 3. The fourth-order valence-corrected chi connectivity index (χ4v) is 3.66. The highest BCUT2D eigenvalue weighted by atomic mass is 15.3. The zero-order chi connectivity index (χ0) is 15.6. The second kappa shape index (κ2) is 6.22. The van der Waals surface area contributed by atoms with Crippen molar-refractivity contribution in [2.75, 3.05) is 25.5 Å². The van der Waals surface area contributed by atoms with Crippen molar-refractivity contribution in [3.05, 3.63) is 42.4 Å². The maximum Gasteiger partial charge on any atom is 0.228 e. The molecular formula is C17H22N6. The Morgan fingerprint density at radius 3 is 2.48 bits per heavy atom. The molecule has 0 radical (unpaired) electrons. The molecule has 23 heavy (non-hydrogen) atoms. The number of rotatable bonds is 4. The number of hydrogen-bond acceptors (Lipinski definition) is 6. The summed E-state index contributed by atoms with van der Waals surface area (Å²) in [4.78, 5) is 17.9. The average Bonchev–Trinajstić information content (AvgIpc) is 2.79. The lowest BCUT2D eigenvalue weighted by atomic mass is 10.1. The number of likely N-dealkylation sites (tertiary alicyclic amines) is 1. The van der Waals surface area contributed by atoms with Gasteiger partial charge in [0.15, 0.2) is 0 Å². The van der Waals surface area contributed by atoms with Gasteiger partial charge in [-0.2, -0.15) is 0 Å². The molecule has 0 saturated carbocycles. The molecule has 2 atom stereocenters. The molecule has 4 heterocycles. The van der Waals surface area contributed by atoms with E-state index in [1.165, 1.54) is 31.5 Å². The van der Waals surface area contributed by atoms with E-state index in [2.05, 4.69) is 43.2 Å². The molecule has 2 bridgehead atoms. The summed E-state index contributed by atoms with van der Waals surface area (Å²) in [5.74, 6) is 1.35. The van der Waals surface area contributed by atoms with E-state index in [9.17, 15) is 0 Å². The lowest BCUT2D eigenvalue weighted by Gasteiger charge is -2.38. The van der Waals surface area contributed by atoms with Gasteiger partial charge in [-0.05, 0) is 37.6 Å². The Labute approximate surface area is 136 Å². The molecule has 2 fully saturated rings. The van der Waals surface area contributed by atoms with Crippen LogP contribution in [-0.4, -0.2) is 57.0 Å². The lowest BCUT2D eigenvalue weighted by molar-refractivity contribution is 0.0837. The van der Waals surface area contributed by atoms with Crippen LogP contribution in [0.1, 0.15) is 18.4 Å². The Bertz CT molecular complexity index is 630. The molecule has 0 aliphatic carbocycles. The van der Waals surface area contributed by atoms with Crippen molar-refractivity contribution >= 4 is 11.8 Å². The van der Waals surface area contributed by atoms with Gasteiger partial charge in [-0.25, -0.2) is 15.0 Å². The third-order valence-electron chi connectivity index (χ3n) is 4.96. The van der Waals surface area contributed by atoms with Crippen molar-refractivity contribution in [2.24, 2.45) is 0 Å². The van der Waals surface area contributed by atoms with Gasteiger partial charge in [-0.1, -0.05) is 6.07 Å². The van der Waals surface area contributed by atoms with Crippen molar-refractivity contribution in [3.63, 3.8) is 0 Å². The molecule has 6 heteroatoms. The van der Waals surface area contributed by atoms with Crippen LogP contribution in [0.2, 0.25) is 0 Å². The molecule has 2 aromatic rings. The maximum atomic E-state index is 4.48. The van der Waals surface area contributed by atoms with E-state index in [-0.39, 0.29) is 0 Å². The van der Waals surface area contributed by atoms with Crippen LogP contribution >= 0.6 is 0 Å². The molecule has 6 nitrogen and oxygen atoms in total. The fourth-order valence-electron chi connectivity index (χ4n) is 3.66. The summed E-state index contributed by atoms with van der Waals surface area (Å²) in [7, 11) is 2.27. The van der Waals surface area contributed by atoms with Crippen molar-refractivity contribution in [1.82, 2.24) is 24.8 Å². The predicted octanol–water partition coefficient (Wildman–Crippen LogP) is 1.89. The fraction of sp³-hybridized carbons (Fsp3) is 0.471. The summed E-state index contributed by atoms with van der Waals surface area (Å²) in [5.41, 5.74) is 1.26. The first-order valence-electron chi connectivity index (χ1n) is 8.21. The molecule has 2 aliphatic rings. The smallest absolute Gasteiger partial charge is 0.228 e. The molecule has 0 aromatic carbocycles. The summed E-state index contributed by atoms with van der Waals surface area (Å²) < 4.78 is 0. The van der Waals surface area contributed by atoms with E-state index in [0.29, 0.717) is 5.95 Å². The highest BCUT2D eigenvalue weighted by Gasteiger charge is 2.37. The molecule has 0 amide bonds. The number of anilines is 2. The van der Waals surface area contributed by atoms with E-state index in [0.717, 1.165) is 24.4 Å². The summed E-state index contributed by atoms with van der Waals surface area (Å²) in [6.45, 7) is 3.33. The minimum atomic E-state index is 0.573. The third-order valence-corrected chi connectivity index (χ3v) is 4.96. The summed E-state index contributed by atoms with van der Waals surface area (Å²) in [5, 5.41) is 3.11. The zero-order valence-electron chi connectivity index (χ0n) is 13.4. The largest absolute Gasteiger partial charge is 0.309 e. The first-order valence-corrected chi connectivity index (χ1v) is 8.21. The second-order valence-electron chi connectivity index (χ2n) is 6.49. The van der Waals surface area contributed by atoms with Gasteiger partial charge >= 0.3 is 0 Å². The predicted molar refractivity (Wildman–Crippen MR) is 89.4 cm³/mol. The maximum absolute atomic E-state index is 4.48. The summed E-state index contributed by atoms with van der Waals surface area (Å²) in [6.07, 6.45) is 8.06. The second-order valence-corrected chi connectivity index (χ2v) is 6.49. The summed E-state index contributed by atoms with van der Waals surface area (Å²) >= 11 is 0. The average molecular weight is 310 g/mol. The SMILES string of the molecule is CN1C2CCC1CN(Cc1ccc(Nc3ncccn3)nc1)C2. The standard InChI is InChI=1S/C17H22N6/c1-22-14-4-5-15(22)12-23(11-14)10-13-3-6-16(20-9-13)21-17-18-7-2-8-19-17/h2-3,6-9,14-15H,4-5,10-12H2,1H3,(H,18,19,20,21). The van der Waals surface area contributed by atoms with Gasteiger partial charge in [-0.15, -0.1) is 0 Å². The molecule has 2 unspecified atom stereocenters. The Kier molecular flexibility index (Phi) is 3.93. The number of nitrogens with zero attached hydrogens (tertiary/aromatic N) is 5. The van der Waals surface area contributed by atoms with Crippen LogP contribution in [0.15, 0.2) is 36.8 Å². The molecule has 2 saturated heterocycles. The molecule has 4 rings (SSSR count). The van der Waals surface area contributed by atoms with E-state index >= 15 is 0 Å². The number of pyridine rings is 1. The molecular weight excluding hydrogens is 288 g/mol. The van der Waals surface area contributed by atoms with Gasteiger partial charge in [0.1, 0.15) is 5.82 Å². The van der Waals surface area contributed by atoms with Gasteiger partial charge in [0.2, 0.25) is 5.95 Å². The molecule has 0 spiro atoms. The first-order chi connectivity index (χ1) is 11.3. The van der Waals surface area contributed by atoms with Crippen molar-refractivity contribution < 1.29 is 0 Å².